The Morgan fingerprint density at radius 3 is 2.49 bits per heavy atom. The maximum absolute atomic E-state index is 13.7. The second-order valence-corrected chi connectivity index (χ2v) is 10.8. The summed E-state index contributed by atoms with van der Waals surface area (Å²) in [5, 5.41) is 4.77. The van der Waals surface area contributed by atoms with Crippen molar-refractivity contribution < 1.29 is 18.7 Å². The molecule has 0 aliphatic heterocycles. The molecular formula is C31H36N4O4. The van der Waals surface area contributed by atoms with Crippen LogP contribution in [0.5, 0.6) is 0 Å². The van der Waals surface area contributed by atoms with Gasteiger partial charge in [0.15, 0.2) is 11.4 Å². The second-order valence-electron chi connectivity index (χ2n) is 10.8. The first kappa shape index (κ1) is 26.7. The van der Waals surface area contributed by atoms with Crippen LogP contribution in [0, 0.1) is 18.8 Å². The summed E-state index contributed by atoms with van der Waals surface area (Å²) in [6, 6.07) is 11.4. The number of anilines is 1. The zero-order chi connectivity index (χ0) is 27.7. The van der Waals surface area contributed by atoms with Crippen LogP contribution in [-0.2, 0) is 9.53 Å². The van der Waals surface area contributed by atoms with E-state index < -0.39 is 5.97 Å². The molecular weight excluding hydrogens is 492 g/mol. The molecule has 5 rings (SSSR count). The molecule has 1 aromatic carbocycles. The standard InChI is InChI=1S/C31H36N4O4/c1-6-38-31(37)25-18-34(33-29(25)35(19(2)3)30(36)23-9-7-20(4)8-10-23)24-13-11-22(12-14-24)27-17-26-28(39-27)21(5)15-16-32-26/h11-20,23H,6-10H2,1-5H3. The quantitative estimate of drug-likeness (QED) is 0.247. The first-order chi connectivity index (χ1) is 18.8. The highest BCUT2D eigenvalue weighted by Crippen LogP contribution is 2.33. The van der Waals surface area contributed by atoms with Gasteiger partial charge in [0.1, 0.15) is 16.8 Å². The summed E-state index contributed by atoms with van der Waals surface area (Å²) < 4.78 is 13.1. The number of aryl methyl sites for hydroxylation is 1. The van der Waals surface area contributed by atoms with Gasteiger partial charge in [0, 0.05) is 36.0 Å². The van der Waals surface area contributed by atoms with E-state index >= 15 is 0 Å². The molecule has 1 amide bonds. The van der Waals surface area contributed by atoms with Crippen LogP contribution in [-0.4, -0.2) is 39.3 Å². The van der Waals surface area contributed by atoms with Crippen LogP contribution in [0.25, 0.3) is 28.1 Å². The minimum atomic E-state index is -0.490. The molecule has 0 unspecified atom stereocenters. The fourth-order valence-corrected chi connectivity index (χ4v) is 5.32. The van der Waals surface area contributed by atoms with Gasteiger partial charge in [-0.2, -0.15) is 0 Å². The number of pyridine rings is 1. The smallest absolute Gasteiger partial charge is 0.343 e. The highest BCUT2D eigenvalue weighted by Gasteiger charge is 2.34. The van der Waals surface area contributed by atoms with E-state index in [2.05, 4.69) is 11.9 Å². The maximum Gasteiger partial charge on any atom is 0.343 e. The van der Waals surface area contributed by atoms with Gasteiger partial charge in [0.25, 0.3) is 0 Å². The van der Waals surface area contributed by atoms with Crippen molar-refractivity contribution in [1.82, 2.24) is 14.8 Å². The largest absolute Gasteiger partial charge is 0.462 e. The van der Waals surface area contributed by atoms with Gasteiger partial charge in [0.2, 0.25) is 5.91 Å². The van der Waals surface area contributed by atoms with E-state index in [0.717, 1.165) is 59.4 Å². The molecule has 1 aliphatic rings. The Labute approximate surface area is 229 Å². The highest BCUT2D eigenvalue weighted by molar-refractivity contribution is 6.02. The van der Waals surface area contributed by atoms with Crippen molar-refractivity contribution in [3.8, 4) is 17.0 Å². The van der Waals surface area contributed by atoms with E-state index in [1.165, 1.54) is 0 Å². The Kier molecular flexibility index (Phi) is 7.55. The summed E-state index contributed by atoms with van der Waals surface area (Å²) in [6.07, 6.45) is 7.22. The number of amides is 1. The molecule has 1 fully saturated rings. The Balaban J connectivity index is 1.49. The van der Waals surface area contributed by atoms with Crippen molar-refractivity contribution in [2.75, 3.05) is 11.5 Å². The van der Waals surface area contributed by atoms with Gasteiger partial charge in [-0.3, -0.25) is 14.7 Å². The molecule has 0 N–H and O–H groups in total. The van der Waals surface area contributed by atoms with Crippen LogP contribution in [0.3, 0.4) is 0 Å². The molecule has 3 aromatic heterocycles. The normalized spacial score (nSPS) is 17.5. The van der Waals surface area contributed by atoms with Crippen LogP contribution in [0.2, 0.25) is 0 Å². The summed E-state index contributed by atoms with van der Waals surface area (Å²) in [4.78, 5) is 32.8. The lowest BCUT2D eigenvalue weighted by atomic mass is 9.82. The monoisotopic (exact) mass is 528 g/mol. The van der Waals surface area contributed by atoms with Gasteiger partial charge in [-0.25, -0.2) is 9.48 Å². The highest BCUT2D eigenvalue weighted by atomic mass is 16.5. The number of hydrogen-bond acceptors (Lipinski definition) is 6. The summed E-state index contributed by atoms with van der Waals surface area (Å²) >= 11 is 0. The van der Waals surface area contributed by atoms with E-state index in [-0.39, 0.29) is 30.0 Å². The van der Waals surface area contributed by atoms with Crippen molar-refractivity contribution in [2.24, 2.45) is 11.8 Å². The SMILES string of the molecule is CCOC(=O)c1cn(-c2ccc(-c3cc4nccc(C)c4o3)cc2)nc1N(C(=O)C1CCC(C)CC1)C(C)C. The zero-order valence-electron chi connectivity index (χ0n) is 23.3. The van der Waals surface area contributed by atoms with Crippen molar-refractivity contribution in [1.29, 1.82) is 0 Å². The predicted octanol–water partition coefficient (Wildman–Crippen LogP) is 6.73. The van der Waals surface area contributed by atoms with Crippen LogP contribution >= 0.6 is 0 Å². The van der Waals surface area contributed by atoms with Crippen molar-refractivity contribution in [2.45, 2.75) is 66.3 Å². The number of fused-ring (bicyclic) bond motifs is 1. The molecule has 8 nitrogen and oxygen atoms in total. The van der Waals surface area contributed by atoms with Crippen molar-refractivity contribution in [3.63, 3.8) is 0 Å². The van der Waals surface area contributed by atoms with Gasteiger partial charge in [-0.05, 0) is 95.2 Å². The number of rotatable bonds is 7. The molecule has 0 spiro atoms. The molecule has 0 saturated heterocycles. The third-order valence-electron chi connectivity index (χ3n) is 7.56. The average Bonchev–Trinajstić information content (AvgIpc) is 3.55. The predicted molar refractivity (Wildman–Crippen MR) is 151 cm³/mol. The van der Waals surface area contributed by atoms with Crippen LogP contribution in [0.4, 0.5) is 5.82 Å². The number of hydrogen-bond donors (Lipinski definition) is 0. The van der Waals surface area contributed by atoms with E-state index in [9.17, 15) is 9.59 Å². The number of carbonyl (C=O) groups is 2. The Bertz CT molecular complexity index is 1480. The molecule has 0 bridgehead atoms. The lowest BCUT2D eigenvalue weighted by molar-refractivity contribution is -0.124. The van der Waals surface area contributed by atoms with Gasteiger partial charge in [-0.15, -0.1) is 5.10 Å². The topological polar surface area (TPSA) is 90.5 Å². The lowest BCUT2D eigenvalue weighted by Crippen LogP contribution is -2.43. The third-order valence-corrected chi connectivity index (χ3v) is 7.56. The number of carbonyl (C=O) groups excluding carboxylic acids is 2. The minimum Gasteiger partial charge on any atom is -0.462 e. The molecule has 204 valence electrons. The minimum absolute atomic E-state index is 0.0248. The summed E-state index contributed by atoms with van der Waals surface area (Å²) in [6.45, 7) is 10.1. The number of esters is 1. The molecule has 8 heteroatoms. The van der Waals surface area contributed by atoms with E-state index in [4.69, 9.17) is 14.3 Å². The Hall–Kier alpha value is -3.94. The average molecular weight is 529 g/mol. The number of ether oxygens (including phenoxy) is 1. The number of benzene rings is 1. The fraction of sp³-hybridized carbons (Fsp3) is 0.419. The Morgan fingerprint density at radius 1 is 1.13 bits per heavy atom. The van der Waals surface area contributed by atoms with Crippen molar-refractivity contribution in [3.05, 3.63) is 59.9 Å². The summed E-state index contributed by atoms with van der Waals surface area (Å²) in [5.41, 5.74) is 4.56. The number of nitrogens with zero attached hydrogens (tertiary/aromatic N) is 4. The fourth-order valence-electron chi connectivity index (χ4n) is 5.32. The van der Waals surface area contributed by atoms with Gasteiger partial charge < -0.3 is 9.15 Å². The molecule has 39 heavy (non-hydrogen) atoms. The third kappa shape index (κ3) is 5.33. The van der Waals surface area contributed by atoms with Crippen LogP contribution < -0.4 is 4.90 Å². The van der Waals surface area contributed by atoms with E-state index in [1.54, 1.807) is 28.9 Å². The van der Waals surface area contributed by atoms with E-state index in [1.807, 2.05) is 57.2 Å². The molecule has 4 aromatic rings. The van der Waals surface area contributed by atoms with Gasteiger partial charge >= 0.3 is 5.97 Å². The van der Waals surface area contributed by atoms with Crippen molar-refractivity contribution >= 4 is 28.8 Å². The summed E-state index contributed by atoms with van der Waals surface area (Å²) in [5.74, 6) is 1.18. The number of furan rings is 1. The van der Waals surface area contributed by atoms with Gasteiger partial charge in [-0.1, -0.05) is 6.92 Å². The first-order valence-corrected chi connectivity index (χ1v) is 13.8. The molecule has 0 radical (unpaired) electrons. The van der Waals surface area contributed by atoms with Gasteiger partial charge in [0.05, 0.1) is 12.3 Å². The van der Waals surface area contributed by atoms with Crippen LogP contribution in [0.15, 0.2) is 53.2 Å². The molecule has 3 heterocycles. The first-order valence-electron chi connectivity index (χ1n) is 13.8. The molecule has 0 atom stereocenters. The molecule has 1 aliphatic carbocycles. The molecule has 1 saturated carbocycles. The lowest BCUT2D eigenvalue weighted by Gasteiger charge is -2.32. The zero-order valence-corrected chi connectivity index (χ0v) is 23.3. The summed E-state index contributed by atoms with van der Waals surface area (Å²) in [7, 11) is 0. The van der Waals surface area contributed by atoms with E-state index in [0.29, 0.717) is 11.7 Å². The second kappa shape index (κ2) is 11.0. The Morgan fingerprint density at radius 2 is 1.85 bits per heavy atom. The van der Waals surface area contributed by atoms with Crippen LogP contribution in [0.1, 0.15) is 69.3 Å². The number of aromatic nitrogens is 3. The maximum atomic E-state index is 13.7.